The van der Waals surface area contributed by atoms with Gasteiger partial charge < -0.3 is 15.7 Å². The molecule has 0 aliphatic heterocycles. The van der Waals surface area contributed by atoms with Gasteiger partial charge >= 0.3 is 0 Å². The van der Waals surface area contributed by atoms with E-state index in [0.717, 1.165) is 21.4 Å². The maximum atomic E-state index is 12.1. The fraction of sp³-hybridized carbons (Fsp3) is 0.188. The SMILES string of the molecule is C[C@H](Nc1cccc(CO)c1)C(=O)Nc1ccc(Br)cc1. The third-order valence-corrected chi connectivity index (χ3v) is 3.53. The van der Waals surface area contributed by atoms with E-state index in [1.807, 2.05) is 48.5 Å². The summed E-state index contributed by atoms with van der Waals surface area (Å²) in [5.41, 5.74) is 2.36. The molecule has 1 atom stereocenters. The first-order valence-corrected chi connectivity index (χ1v) is 7.40. The molecule has 0 saturated carbocycles. The van der Waals surface area contributed by atoms with E-state index >= 15 is 0 Å². The van der Waals surface area contributed by atoms with Crippen molar-refractivity contribution in [1.29, 1.82) is 0 Å². The maximum absolute atomic E-state index is 12.1. The Bertz CT molecular complexity index is 614. The number of halogens is 1. The van der Waals surface area contributed by atoms with Crippen LogP contribution >= 0.6 is 15.9 Å². The van der Waals surface area contributed by atoms with Crippen molar-refractivity contribution < 1.29 is 9.90 Å². The first-order valence-electron chi connectivity index (χ1n) is 6.61. The Morgan fingerprint density at radius 3 is 2.57 bits per heavy atom. The summed E-state index contributed by atoms with van der Waals surface area (Å²) in [6.07, 6.45) is 0. The maximum Gasteiger partial charge on any atom is 0.246 e. The Kier molecular flexibility index (Phi) is 5.36. The predicted octanol–water partition coefficient (Wildman–Crippen LogP) is 3.38. The molecule has 21 heavy (non-hydrogen) atoms. The standard InChI is InChI=1S/C16H17BrN2O2/c1-11(18-15-4-2-3-12(9-15)10-20)16(21)19-14-7-5-13(17)6-8-14/h2-9,11,18,20H,10H2,1H3,(H,19,21)/t11-/m0/s1. The van der Waals surface area contributed by atoms with Crippen LogP contribution in [0.4, 0.5) is 11.4 Å². The van der Waals surface area contributed by atoms with Gasteiger partial charge in [-0.1, -0.05) is 28.1 Å². The average Bonchev–Trinajstić information content (AvgIpc) is 2.49. The van der Waals surface area contributed by atoms with Crippen molar-refractivity contribution in [1.82, 2.24) is 0 Å². The van der Waals surface area contributed by atoms with E-state index in [0.29, 0.717) is 0 Å². The van der Waals surface area contributed by atoms with Crippen LogP contribution < -0.4 is 10.6 Å². The number of hydrogen-bond acceptors (Lipinski definition) is 3. The van der Waals surface area contributed by atoms with Gasteiger partial charge in [-0.05, 0) is 48.9 Å². The van der Waals surface area contributed by atoms with E-state index in [1.54, 1.807) is 6.92 Å². The van der Waals surface area contributed by atoms with Crippen LogP contribution in [0.5, 0.6) is 0 Å². The number of carbonyl (C=O) groups excluding carboxylic acids is 1. The zero-order valence-electron chi connectivity index (χ0n) is 11.6. The number of hydrogen-bond donors (Lipinski definition) is 3. The van der Waals surface area contributed by atoms with Gasteiger partial charge in [0.2, 0.25) is 5.91 Å². The van der Waals surface area contributed by atoms with Gasteiger partial charge in [0.05, 0.1) is 6.61 Å². The molecule has 2 rings (SSSR count). The quantitative estimate of drug-likeness (QED) is 0.776. The van der Waals surface area contributed by atoms with Crippen LogP contribution in [-0.2, 0) is 11.4 Å². The van der Waals surface area contributed by atoms with Crippen molar-refractivity contribution >= 4 is 33.2 Å². The lowest BCUT2D eigenvalue weighted by atomic mass is 10.2. The van der Waals surface area contributed by atoms with Gasteiger partial charge in [-0.2, -0.15) is 0 Å². The van der Waals surface area contributed by atoms with Gasteiger partial charge in [-0.3, -0.25) is 4.79 Å². The smallest absolute Gasteiger partial charge is 0.246 e. The molecule has 0 aromatic heterocycles. The summed E-state index contributed by atoms with van der Waals surface area (Å²) in [5.74, 6) is -0.119. The van der Waals surface area contributed by atoms with Crippen LogP contribution in [0.3, 0.4) is 0 Å². The van der Waals surface area contributed by atoms with Crippen molar-refractivity contribution in [2.45, 2.75) is 19.6 Å². The molecule has 110 valence electrons. The minimum Gasteiger partial charge on any atom is -0.392 e. The van der Waals surface area contributed by atoms with E-state index in [-0.39, 0.29) is 18.6 Å². The van der Waals surface area contributed by atoms with Crippen molar-refractivity contribution in [2.75, 3.05) is 10.6 Å². The average molecular weight is 349 g/mol. The Balaban J connectivity index is 1.97. The van der Waals surface area contributed by atoms with Gasteiger partial charge in [0.15, 0.2) is 0 Å². The number of nitrogens with one attached hydrogen (secondary N) is 2. The zero-order valence-corrected chi connectivity index (χ0v) is 13.2. The molecule has 0 unspecified atom stereocenters. The largest absolute Gasteiger partial charge is 0.392 e. The van der Waals surface area contributed by atoms with Crippen LogP contribution in [0.15, 0.2) is 53.0 Å². The monoisotopic (exact) mass is 348 g/mol. The minimum absolute atomic E-state index is 0.0189. The van der Waals surface area contributed by atoms with Gasteiger partial charge in [0.25, 0.3) is 0 Å². The van der Waals surface area contributed by atoms with Crippen LogP contribution in [0.2, 0.25) is 0 Å². The van der Waals surface area contributed by atoms with Gasteiger partial charge in [0, 0.05) is 15.8 Å². The molecule has 0 bridgehead atoms. The van der Waals surface area contributed by atoms with Crippen LogP contribution in [0, 0.1) is 0 Å². The van der Waals surface area contributed by atoms with Crippen molar-refractivity contribution in [3.8, 4) is 0 Å². The molecule has 4 nitrogen and oxygen atoms in total. The lowest BCUT2D eigenvalue weighted by Crippen LogP contribution is -2.31. The second kappa shape index (κ2) is 7.24. The highest BCUT2D eigenvalue weighted by molar-refractivity contribution is 9.10. The Morgan fingerprint density at radius 2 is 1.90 bits per heavy atom. The fourth-order valence-electron chi connectivity index (χ4n) is 1.86. The van der Waals surface area contributed by atoms with Crippen LogP contribution in [-0.4, -0.2) is 17.1 Å². The second-order valence-corrected chi connectivity index (χ2v) is 5.64. The molecule has 0 saturated heterocycles. The summed E-state index contributed by atoms with van der Waals surface area (Å²) in [5, 5.41) is 15.1. The Labute approximate surface area is 132 Å². The third-order valence-electron chi connectivity index (χ3n) is 3.00. The van der Waals surface area contributed by atoms with E-state index < -0.39 is 0 Å². The normalized spacial score (nSPS) is 11.8. The van der Waals surface area contributed by atoms with E-state index in [4.69, 9.17) is 5.11 Å². The molecule has 0 aliphatic rings. The summed E-state index contributed by atoms with van der Waals surface area (Å²) in [4.78, 5) is 12.1. The van der Waals surface area contributed by atoms with E-state index in [1.165, 1.54) is 0 Å². The highest BCUT2D eigenvalue weighted by Gasteiger charge is 2.12. The molecule has 3 N–H and O–H groups in total. The number of aliphatic hydroxyl groups excluding tert-OH is 1. The zero-order chi connectivity index (χ0) is 15.2. The van der Waals surface area contributed by atoms with Crippen molar-refractivity contribution in [3.05, 3.63) is 58.6 Å². The highest BCUT2D eigenvalue weighted by atomic mass is 79.9. The lowest BCUT2D eigenvalue weighted by molar-refractivity contribution is -0.116. The summed E-state index contributed by atoms with van der Waals surface area (Å²) in [6, 6.07) is 14.4. The predicted molar refractivity (Wildman–Crippen MR) is 88.2 cm³/mol. The van der Waals surface area contributed by atoms with Crippen molar-refractivity contribution in [2.24, 2.45) is 0 Å². The van der Waals surface area contributed by atoms with Crippen LogP contribution in [0.1, 0.15) is 12.5 Å². The number of amides is 1. The number of aliphatic hydroxyl groups is 1. The molecule has 2 aromatic carbocycles. The van der Waals surface area contributed by atoms with Crippen molar-refractivity contribution in [3.63, 3.8) is 0 Å². The van der Waals surface area contributed by atoms with Gasteiger partial charge in [-0.25, -0.2) is 0 Å². The summed E-state index contributed by atoms with van der Waals surface area (Å²) in [6.45, 7) is 1.77. The second-order valence-electron chi connectivity index (χ2n) is 4.72. The first kappa shape index (κ1) is 15.5. The third kappa shape index (κ3) is 4.58. The van der Waals surface area contributed by atoms with E-state index in [9.17, 15) is 4.79 Å². The van der Waals surface area contributed by atoms with E-state index in [2.05, 4.69) is 26.6 Å². The Hall–Kier alpha value is -1.85. The molecule has 5 heteroatoms. The molecular weight excluding hydrogens is 332 g/mol. The fourth-order valence-corrected chi connectivity index (χ4v) is 2.12. The molecule has 0 spiro atoms. The van der Waals surface area contributed by atoms with Crippen LogP contribution in [0.25, 0.3) is 0 Å². The van der Waals surface area contributed by atoms with Gasteiger partial charge in [-0.15, -0.1) is 0 Å². The number of anilines is 2. The number of rotatable bonds is 5. The summed E-state index contributed by atoms with van der Waals surface area (Å²) >= 11 is 3.35. The molecule has 2 aromatic rings. The topological polar surface area (TPSA) is 61.4 Å². The minimum atomic E-state index is -0.386. The molecule has 1 amide bonds. The number of carbonyl (C=O) groups is 1. The first-order chi connectivity index (χ1) is 10.1. The highest BCUT2D eigenvalue weighted by Crippen LogP contribution is 2.15. The molecule has 0 fully saturated rings. The van der Waals surface area contributed by atoms with Gasteiger partial charge in [0.1, 0.15) is 6.04 Å². The summed E-state index contributed by atoms with van der Waals surface area (Å²) in [7, 11) is 0. The Morgan fingerprint density at radius 1 is 1.19 bits per heavy atom. The number of benzene rings is 2. The molecule has 0 radical (unpaired) electrons. The molecular formula is C16H17BrN2O2. The molecule has 0 heterocycles. The molecule has 0 aliphatic carbocycles. The summed E-state index contributed by atoms with van der Waals surface area (Å²) < 4.78 is 0.965. The lowest BCUT2D eigenvalue weighted by Gasteiger charge is -2.16.